The summed E-state index contributed by atoms with van der Waals surface area (Å²) in [5.74, 6) is -0.898. The molecule has 0 spiro atoms. The highest BCUT2D eigenvalue weighted by atomic mass is 19.2. The molecule has 1 aliphatic rings. The Bertz CT molecular complexity index is 1200. The van der Waals surface area contributed by atoms with Crippen molar-refractivity contribution in [2.24, 2.45) is 5.92 Å². The second-order valence-corrected chi connectivity index (χ2v) is 9.63. The van der Waals surface area contributed by atoms with Crippen molar-refractivity contribution < 1.29 is 17.9 Å². The molecule has 0 atom stereocenters. The zero-order valence-electron chi connectivity index (χ0n) is 20.8. The van der Waals surface area contributed by atoms with Crippen LogP contribution in [0.5, 0.6) is 5.75 Å². The van der Waals surface area contributed by atoms with Gasteiger partial charge in [-0.05, 0) is 74.5 Å². The largest absolute Gasteiger partial charge is 0.493 e. The van der Waals surface area contributed by atoms with Crippen LogP contribution < -0.4 is 4.74 Å². The van der Waals surface area contributed by atoms with Gasteiger partial charge in [0.1, 0.15) is 11.6 Å². The smallest absolute Gasteiger partial charge is 0.167 e. The Labute approximate surface area is 212 Å². The molecule has 1 aliphatic carbocycles. The zero-order valence-corrected chi connectivity index (χ0v) is 20.8. The second kappa shape index (κ2) is 12.1. The average Bonchev–Trinajstić information content (AvgIpc) is 2.89. The number of aryl methyl sites for hydroxylation is 1. The van der Waals surface area contributed by atoms with E-state index in [2.05, 4.69) is 6.58 Å². The van der Waals surface area contributed by atoms with Crippen LogP contribution in [0.15, 0.2) is 73.3 Å². The van der Waals surface area contributed by atoms with E-state index < -0.39 is 11.6 Å². The van der Waals surface area contributed by atoms with Gasteiger partial charge in [-0.15, -0.1) is 6.58 Å². The summed E-state index contributed by atoms with van der Waals surface area (Å²) in [5.41, 5.74) is 2.97. The molecule has 4 heteroatoms. The van der Waals surface area contributed by atoms with Crippen molar-refractivity contribution in [1.29, 1.82) is 0 Å². The van der Waals surface area contributed by atoms with Crippen LogP contribution in [0.25, 0.3) is 17.2 Å². The van der Waals surface area contributed by atoms with Gasteiger partial charge < -0.3 is 4.74 Å². The van der Waals surface area contributed by atoms with Crippen LogP contribution in [0.2, 0.25) is 0 Å². The summed E-state index contributed by atoms with van der Waals surface area (Å²) < 4.78 is 49.9. The first-order valence-corrected chi connectivity index (χ1v) is 12.7. The monoisotopic (exact) mass is 490 g/mol. The number of allylic oxidation sites excluding steroid dienone is 2. The molecule has 0 aliphatic heterocycles. The molecule has 0 radical (unpaired) electrons. The van der Waals surface area contributed by atoms with Crippen LogP contribution in [0, 0.1) is 30.3 Å². The molecule has 188 valence electrons. The number of rotatable bonds is 9. The SMILES string of the molecule is C=CCCCOc1ccc(C2CCC(/C=C/c3ccc(-c4ccc(C)cc4)c(F)c3F)CC2)c(F)c1. The van der Waals surface area contributed by atoms with Crippen molar-refractivity contribution in [3.63, 3.8) is 0 Å². The minimum atomic E-state index is -0.827. The van der Waals surface area contributed by atoms with E-state index in [1.54, 1.807) is 30.3 Å². The quantitative estimate of drug-likeness (QED) is 0.214. The summed E-state index contributed by atoms with van der Waals surface area (Å²) in [7, 11) is 0. The van der Waals surface area contributed by atoms with Gasteiger partial charge in [-0.25, -0.2) is 13.2 Å². The summed E-state index contributed by atoms with van der Waals surface area (Å²) in [6, 6.07) is 15.8. The lowest BCUT2D eigenvalue weighted by Gasteiger charge is -2.27. The molecule has 1 saturated carbocycles. The number of ether oxygens (including phenoxy) is 1. The first kappa shape index (κ1) is 25.8. The molecule has 0 N–H and O–H groups in total. The van der Waals surface area contributed by atoms with Crippen molar-refractivity contribution >= 4 is 6.08 Å². The number of hydrogen-bond acceptors (Lipinski definition) is 1. The van der Waals surface area contributed by atoms with Crippen molar-refractivity contribution in [3.8, 4) is 16.9 Å². The van der Waals surface area contributed by atoms with Gasteiger partial charge in [0.25, 0.3) is 0 Å². The van der Waals surface area contributed by atoms with E-state index in [1.807, 2.05) is 43.3 Å². The van der Waals surface area contributed by atoms with Gasteiger partial charge in [0.15, 0.2) is 11.6 Å². The maximum Gasteiger partial charge on any atom is 0.167 e. The van der Waals surface area contributed by atoms with E-state index in [1.165, 1.54) is 6.07 Å². The maximum atomic E-state index is 14.8. The summed E-state index contributed by atoms with van der Waals surface area (Å²) >= 11 is 0. The normalized spacial score (nSPS) is 17.9. The Morgan fingerprint density at radius 2 is 1.67 bits per heavy atom. The van der Waals surface area contributed by atoms with E-state index in [9.17, 15) is 13.2 Å². The summed E-state index contributed by atoms with van der Waals surface area (Å²) in [6.45, 7) is 6.18. The first-order valence-electron chi connectivity index (χ1n) is 12.7. The van der Waals surface area contributed by atoms with Crippen molar-refractivity contribution in [2.45, 2.75) is 51.4 Å². The van der Waals surface area contributed by atoms with Crippen LogP contribution in [0.1, 0.15) is 61.1 Å². The highest BCUT2D eigenvalue weighted by Crippen LogP contribution is 2.38. The maximum absolute atomic E-state index is 14.8. The van der Waals surface area contributed by atoms with E-state index in [0.717, 1.165) is 49.7 Å². The molecule has 1 nitrogen and oxygen atoms in total. The third-order valence-corrected chi connectivity index (χ3v) is 7.03. The van der Waals surface area contributed by atoms with Gasteiger partial charge in [-0.1, -0.05) is 66.3 Å². The molecule has 0 unspecified atom stereocenters. The van der Waals surface area contributed by atoms with E-state index >= 15 is 0 Å². The van der Waals surface area contributed by atoms with Crippen LogP contribution >= 0.6 is 0 Å². The van der Waals surface area contributed by atoms with Crippen molar-refractivity contribution in [2.75, 3.05) is 6.61 Å². The highest BCUT2D eigenvalue weighted by molar-refractivity contribution is 5.67. The zero-order chi connectivity index (χ0) is 25.5. The lowest BCUT2D eigenvalue weighted by atomic mass is 9.78. The van der Waals surface area contributed by atoms with Crippen LogP contribution in [0.4, 0.5) is 13.2 Å². The number of halogens is 3. The van der Waals surface area contributed by atoms with Crippen molar-refractivity contribution in [1.82, 2.24) is 0 Å². The fraction of sp³-hybridized carbons (Fsp3) is 0.312. The second-order valence-electron chi connectivity index (χ2n) is 9.63. The van der Waals surface area contributed by atoms with Gasteiger partial charge in [0, 0.05) is 17.2 Å². The topological polar surface area (TPSA) is 9.23 Å². The average molecular weight is 491 g/mol. The third kappa shape index (κ3) is 6.29. The number of unbranched alkanes of at least 4 members (excludes halogenated alkanes) is 1. The number of benzene rings is 3. The molecule has 1 fully saturated rings. The molecule has 0 saturated heterocycles. The lowest BCUT2D eigenvalue weighted by molar-refractivity contribution is 0.309. The standard InChI is InChI=1S/C32H33F3O/c1-3-4-5-20-36-27-17-19-28(30(33)21-27)24-13-8-23(9-14-24)10-15-26-16-18-29(32(35)31(26)34)25-11-6-22(2)7-12-25/h3,6-7,10-12,15-19,21,23-24H,1,4-5,8-9,13-14,20H2,2H3/b15-10+. The molecule has 0 amide bonds. The fourth-order valence-electron chi connectivity index (χ4n) is 4.86. The predicted octanol–water partition coefficient (Wildman–Crippen LogP) is 9.41. The molecule has 4 rings (SSSR count). The molecule has 0 bridgehead atoms. The van der Waals surface area contributed by atoms with Crippen LogP contribution in [0.3, 0.4) is 0 Å². The lowest BCUT2D eigenvalue weighted by Crippen LogP contribution is -2.13. The molecule has 3 aromatic carbocycles. The third-order valence-electron chi connectivity index (χ3n) is 7.03. The van der Waals surface area contributed by atoms with Gasteiger partial charge in [-0.3, -0.25) is 0 Å². The van der Waals surface area contributed by atoms with Crippen LogP contribution in [-0.4, -0.2) is 6.61 Å². The Morgan fingerprint density at radius 3 is 2.36 bits per heavy atom. The minimum Gasteiger partial charge on any atom is -0.493 e. The van der Waals surface area contributed by atoms with Gasteiger partial charge in [0.2, 0.25) is 0 Å². The van der Waals surface area contributed by atoms with Gasteiger partial charge >= 0.3 is 0 Å². The van der Waals surface area contributed by atoms with E-state index in [4.69, 9.17) is 4.74 Å². The first-order chi connectivity index (χ1) is 17.5. The van der Waals surface area contributed by atoms with Crippen molar-refractivity contribution in [3.05, 3.63) is 107 Å². The van der Waals surface area contributed by atoms with Gasteiger partial charge in [-0.2, -0.15) is 0 Å². The number of hydrogen-bond donors (Lipinski definition) is 0. The fourth-order valence-corrected chi connectivity index (χ4v) is 4.86. The molecular formula is C32H33F3O. The Kier molecular flexibility index (Phi) is 8.69. The summed E-state index contributed by atoms with van der Waals surface area (Å²) in [6.07, 6.45) is 10.7. The van der Waals surface area contributed by atoms with Crippen LogP contribution in [-0.2, 0) is 0 Å². The minimum absolute atomic E-state index is 0.160. The van der Waals surface area contributed by atoms with Gasteiger partial charge in [0.05, 0.1) is 6.61 Å². The van der Waals surface area contributed by atoms with E-state index in [0.29, 0.717) is 17.9 Å². The molecule has 0 heterocycles. The summed E-state index contributed by atoms with van der Waals surface area (Å²) in [5, 5.41) is 0. The molecular weight excluding hydrogens is 457 g/mol. The summed E-state index contributed by atoms with van der Waals surface area (Å²) in [4.78, 5) is 0. The molecule has 36 heavy (non-hydrogen) atoms. The predicted molar refractivity (Wildman–Crippen MR) is 142 cm³/mol. The Balaban J connectivity index is 1.35. The van der Waals surface area contributed by atoms with E-state index in [-0.39, 0.29) is 28.8 Å². The Morgan fingerprint density at radius 1 is 0.917 bits per heavy atom. The molecule has 0 aromatic heterocycles. The molecule has 3 aromatic rings. The highest BCUT2D eigenvalue weighted by Gasteiger charge is 2.23. The Hall–Kier alpha value is -3.27.